The second kappa shape index (κ2) is 12.7. The van der Waals surface area contributed by atoms with Gasteiger partial charge in [0.1, 0.15) is 0 Å². The summed E-state index contributed by atoms with van der Waals surface area (Å²) in [5, 5.41) is 7.16. The van der Waals surface area contributed by atoms with E-state index in [-0.39, 0.29) is 24.0 Å². The van der Waals surface area contributed by atoms with E-state index < -0.39 is 0 Å². The van der Waals surface area contributed by atoms with E-state index in [4.69, 9.17) is 0 Å². The lowest BCUT2D eigenvalue weighted by Crippen LogP contribution is -2.50. The summed E-state index contributed by atoms with van der Waals surface area (Å²) in [6.07, 6.45) is 7.85. The zero-order valence-corrected chi connectivity index (χ0v) is 20.8. The summed E-state index contributed by atoms with van der Waals surface area (Å²) >= 11 is 0. The fraction of sp³-hybridized carbons (Fsp3) is 0.696. The second-order valence-corrected chi connectivity index (χ2v) is 8.46. The summed E-state index contributed by atoms with van der Waals surface area (Å²) in [4.78, 5) is 9.55. The Balaban J connectivity index is 0.00000300. The van der Waals surface area contributed by atoms with E-state index in [0.717, 1.165) is 38.2 Å². The van der Waals surface area contributed by atoms with Crippen molar-refractivity contribution in [2.45, 2.75) is 63.6 Å². The summed E-state index contributed by atoms with van der Waals surface area (Å²) < 4.78 is 0. The van der Waals surface area contributed by atoms with E-state index in [1.807, 2.05) is 7.05 Å². The second-order valence-electron chi connectivity index (χ2n) is 8.46. The molecule has 0 radical (unpaired) electrons. The van der Waals surface area contributed by atoms with Crippen LogP contribution in [0.15, 0.2) is 35.3 Å². The van der Waals surface area contributed by atoms with E-state index in [2.05, 4.69) is 69.7 Å². The Bertz CT molecular complexity index is 595. The first-order valence-electron chi connectivity index (χ1n) is 11.1. The number of rotatable bonds is 7. The van der Waals surface area contributed by atoms with Crippen molar-refractivity contribution in [1.82, 2.24) is 20.4 Å². The molecule has 0 spiro atoms. The van der Waals surface area contributed by atoms with Gasteiger partial charge in [0.05, 0.1) is 0 Å². The van der Waals surface area contributed by atoms with Gasteiger partial charge in [0, 0.05) is 51.4 Å². The van der Waals surface area contributed by atoms with Crippen LogP contribution >= 0.6 is 24.0 Å². The molecule has 0 bridgehead atoms. The summed E-state index contributed by atoms with van der Waals surface area (Å²) in [5.74, 6) is 0.953. The third-order valence-electron chi connectivity index (χ3n) is 6.63. The number of likely N-dealkylation sites (tertiary alicyclic amines) is 1. The van der Waals surface area contributed by atoms with Crippen molar-refractivity contribution in [2.24, 2.45) is 4.99 Å². The molecule has 1 saturated heterocycles. The highest BCUT2D eigenvalue weighted by atomic mass is 127. The van der Waals surface area contributed by atoms with Crippen LogP contribution in [-0.2, 0) is 0 Å². The standard InChI is InChI=1S/C23H39N5.HI/c1-19(20-9-5-4-6-10-20)28-16-13-21(14-17-28)26-23(24-2)25-15-18-27(3)22-11-7-8-12-22;/h4-6,9-10,19,21-22H,7-8,11-18H2,1-3H3,(H2,24,25,26);1H. The fourth-order valence-electron chi connectivity index (χ4n) is 4.64. The van der Waals surface area contributed by atoms with Gasteiger partial charge in [-0.25, -0.2) is 0 Å². The lowest BCUT2D eigenvalue weighted by molar-refractivity contribution is 0.158. The molecule has 1 aliphatic carbocycles. The van der Waals surface area contributed by atoms with E-state index in [1.54, 1.807) is 0 Å². The van der Waals surface area contributed by atoms with Crippen LogP contribution in [0.5, 0.6) is 0 Å². The van der Waals surface area contributed by atoms with Crippen LogP contribution < -0.4 is 10.6 Å². The zero-order chi connectivity index (χ0) is 19.8. The highest BCUT2D eigenvalue weighted by molar-refractivity contribution is 14.0. The van der Waals surface area contributed by atoms with Crippen LogP contribution in [0.4, 0.5) is 0 Å². The van der Waals surface area contributed by atoms with Crippen LogP contribution in [0.3, 0.4) is 0 Å². The quantitative estimate of drug-likeness (QED) is 0.330. The highest BCUT2D eigenvalue weighted by Gasteiger charge is 2.24. The summed E-state index contributed by atoms with van der Waals surface area (Å²) in [6.45, 7) is 6.63. The first kappa shape index (κ1) is 24.4. The number of piperidine rings is 1. The minimum atomic E-state index is 0. The van der Waals surface area contributed by atoms with Crippen LogP contribution in [0.25, 0.3) is 0 Å². The van der Waals surface area contributed by atoms with Gasteiger partial charge in [-0.1, -0.05) is 43.2 Å². The van der Waals surface area contributed by atoms with Gasteiger partial charge in [0.25, 0.3) is 0 Å². The largest absolute Gasteiger partial charge is 0.355 e. The molecule has 2 fully saturated rings. The topological polar surface area (TPSA) is 42.9 Å². The molecular formula is C23H40IN5. The SMILES string of the molecule is CN=C(NCCN(C)C1CCCC1)NC1CCN(C(C)c2ccccc2)CC1.I. The Hall–Kier alpha value is -0.860. The number of likely N-dealkylation sites (N-methyl/N-ethyl adjacent to an activating group) is 1. The van der Waals surface area contributed by atoms with Gasteiger partial charge in [-0.3, -0.25) is 9.89 Å². The molecule has 1 heterocycles. The van der Waals surface area contributed by atoms with Crippen LogP contribution in [0.2, 0.25) is 0 Å². The van der Waals surface area contributed by atoms with Gasteiger partial charge >= 0.3 is 0 Å². The van der Waals surface area contributed by atoms with E-state index in [9.17, 15) is 0 Å². The maximum Gasteiger partial charge on any atom is 0.191 e. The monoisotopic (exact) mass is 513 g/mol. The molecule has 1 aromatic rings. The van der Waals surface area contributed by atoms with Gasteiger partial charge in [-0.05, 0) is 45.2 Å². The van der Waals surface area contributed by atoms with Crippen molar-refractivity contribution >= 4 is 29.9 Å². The van der Waals surface area contributed by atoms with Gasteiger partial charge in [0.2, 0.25) is 0 Å². The summed E-state index contributed by atoms with van der Waals surface area (Å²) in [6, 6.07) is 12.6. The Morgan fingerprint density at radius 2 is 1.79 bits per heavy atom. The van der Waals surface area contributed by atoms with Crippen molar-refractivity contribution in [3.8, 4) is 0 Å². The minimum absolute atomic E-state index is 0. The van der Waals surface area contributed by atoms with E-state index in [0.29, 0.717) is 12.1 Å². The zero-order valence-electron chi connectivity index (χ0n) is 18.4. The predicted molar refractivity (Wildman–Crippen MR) is 134 cm³/mol. The molecule has 0 amide bonds. The van der Waals surface area contributed by atoms with Crippen molar-refractivity contribution in [3.63, 3.8) is 0 Å². The molecule has 2 N–H and O–H groups in total. The van der Waals surface area contributed by atoms with Gasteiger partial charge in [-0.15, -0.1) is 24.0 Å². The number of hydrogen-bond acceptors (Lipinski definition) is 3. The minimum Gasteiger partial charge on any atom is -0.355 e. The van der Waals surface area contributed by atoms with Crippen LogP contribution in [0, 0.1) is 0 Å². The first-order valence-corrected chi connectivity index (χ1v) is 11.1. The predicted octanol–water partition coefficient (Wildman–Crippen LogP) is 3.87. The van der Waals surface area contributed by atoms with Crippen LogP contribution in [0.1, 0.15) is 57.1 Å². The Labute approximate surface area is 194 Å². The number of guanidine groups is 1. The number of halogens is 1. The number of hydrogen-bond donors (Lipinski definition) is 2. The molecule has 1 saturated carbocycles. The molecule has 1 aliphatic heterocycles. The molecular weight excluding hydrogens is 473 g/mol. The molecule has 2 aliphatic rings. The van der Waals surface area contributed by atoms with Crippen molar-refractivity contribution in [1.29, 1.82) is 0 Å². The highest BCUT2D eigenvalue weighted by Crippen LogP contribution is 2.24. The van der Waals surface area contributed by atoms with Crippen LogP contribution in [-0.4, -0.2) is 68.1 Å². The summed E-state index contributed by atoms with van der Waals surface area (Å²) in [5.41, 5.74) is 1.41. The molecule has 1 aromatic carbocycles. The van der Waals surface area contributed by atoms with Crippen molar-refractivity contribution < 1.29 is 0 Å². The first-order chi connectivity index (χ1) is 13.7. The normalized spacial score (nSPS) is 20.5. The number of aliphatic imine (C=N–C) groups is 1. The van der Waals surface area contributed by atoms with Gasteiger partial charge in [-0.2, -0.15) is 0 Å². The Morgan fingerprint density at radius 3 is 2.41 bits per heavy atom. The third kappa shape index (κ3) is 7.40. The molecule has 29 heavy (non-hydrogen) atoms. The third-order valence-corrected chi connectivity index (χ3v) is 6.63. The molecule has 3 rings (SSSR count). The smallest absolute Gasteiger partial charge is 0.191 e. The van der Waals surface area contributed by atoms with E-state index in [1.165, 1.54) is 44.1 Å². The molecule has 164 valence electrons. The fourth-order valence-corrected chi connectivity index (χ4v) is 4.64. The number of benzene rings is 1. The molecule has 0 aromatic heterocycles. The van der Waals surface area contributed by atoms with Gasteiger partial charge < -0.3 is 15.5 Å². The molecule has 6 heteroatoms. The maximum absolute atomic E-state index is 4.44. The lowest BCUT2D eigenvalue weighted by atomic mass is 10.0. The Morgan fingerprint density at radius 1 is 1.14 bits per heavy atom. The maximum atomic E-state index is 4.44. The van der Waals surface area contributed by atoms with E-state index >= 15 is 0 Å². The summed E-state index contributed by atoms with van der Waals surface area (Å²) in [7, 11) is 4.14. The van der Waals surface area contributed by atoms with Crippen molar-refractivity contribution in [2.75, 3.05) is 40.3 Å². The lowest BCUT2D eigenvalue weighted by Gasteiger charge is -2.37. The molecule has 1 atom stereocenters. The average molecular weight is 514 g/mol. The Kier molecular flexibility index (Phi) is 10.7. The number of nitrogens with one attached hydrogen (secondary N) is 2. The van der Waals surface area contributed by atoms with Crippen molar-refractivity contribution in [3.05, 3.63) is 35.9 Å². The molecule has 1 unspecified atom stereocenters. The number of nitrogens with zero attached hydrogens (tertiary/aromatic N) is 3. The molecule has 5 nitrogen and oxygen atoms in total. The van der Waals surface area contributed by atoms with Gasteiger partial charge in [0.15, 0.2) is 5.96 Å². The average Bonchev–Trinajstić information content (AvgIpc) is 3.28.